The van der Waals surface area contributed by atoms with E-state index in [1.165, 1.54) is 5.69 Å². The Hall–Kier alpha value is -1.84. The summed E-state index contributed by atoms with van der Waals surface area (Å²) in [6, 6.07) is 8.19. The Morgan fingerprint density at radius 1 is 1.14 bits per heavy atom. The highest BCUT2D eigenvalue weighted by atomic mass is 16.2. The molecular weight excluding hydrogens is 262 g/mol. The largest absolute Gasteiger partial charge is 0.372 e. The summed E-state index contributed by atoms with van der Waals surface area (Å²) in [7, 11) is 0. The lowest BCUT2D eigenvalue weighted by Gasteiger charge is -2.20. The van der Waals surface area contributed by atoms with Crippen LogP contribution in [0.5, 0.6) is 0 Å². The zero-order valence-corrected chi connectivity index (χ0v) is 13.4. The summed E-state index contributed by atoms with van der Waals surface area (Å²) in [6.07, 6.45) is 5.37. The summed E-state index contributed by atoms with van der Waals surface area (Å²) in [5.41, 5.74) is 4.76. The molecule has 0 aliphatic carbocycles. The number of rotatable bonds is 9. The lowest BCUT2D eigenvalue weighted by atomic mass is 10.2. The fraction of sp³-hybridized carbons (Fsp3) is 0.529. The van der Waals surface area contributed by atoms with Crippen LogP contribution >= 0.6 is 0 Å². The van der Waals surface area contributed by atoms with E-state index in [-0.39, 0.29) is 5.91 Å². The zero-order chi connectivity index (χ0) is 15.5. The van der Waals surface area contributed by atoms with Gasteiger partial charge < -0.3 is 4.90 Å². The maximum atomic E-state index is 11.5. The minimum Gasteiger partial charge on any atom is -0.372 e. The van der Waals surface area contributed by atoms with E-state index < -0.39 is 0 Å². The molecule has 1 aromatic carbocycles. The number of anilines is 1. The van der Waals surface area contributed by atoms with Gasteiger partial charge in [0.25, 0.3) is 0 Å². The minimum atomic E-state index is -0.0144. The fourth-order valence-electron chi connectivity index (χ4n) is 2.13. The molecule has 21 heavy (non-hydrogen) atoms. The highest BCUT2D eigenvalue weighted by Crippen LogP contribution is 2.13. The first kappa shape index (κ1) is 17.2. The van der Waals surface area contributed by atoms with Gasteiger partial charge in [0.1, 0.15) is 0 Å². The van der Waals surface area contributed by atoms with Crippen LogP contribution in [0.25, 0.3) is 0 Å². The molecule has 0 radical (unpaired) electrons. The Balaban J connectivity index is 2.44. The Kier molecular flexibility index (Phi) is 8.17. The van der Waals surface area contributed by atoms with Crippen LogP contribution in [0.4, 0.5) is 5.69 Å². The van der Waals surface area contributed by atoms with E-state index in [9.17, 15) is 4.79 Å². The second kappa shape index (κ2) is 9.97. The molecule has 4 heteroatoms. The van der Waals surface area contributed by atoms with Crippen LogP contribution in [0.2, 0.25) is 0 Å². The standard InChI is InChI=1S/C17H27N3O/c1-4-7-8-9-17(21)19-18-14-15-10-12-16(13-11-15)20(5-2)6-3/h10-14H,4-9H2,1-3H3,(H,19,21). The summed E-state index contributed by atoms with van der Waals surface area (Å²) in [6.45, 7) is 8.41. The van der Waals surface area contributed by atoms with Gasteiger partial charge >= 0.3 is 0 Å². The maximum Gasteiger partial charge on any atom is 0.240 e. The molecule has 0 bridgehead atoms. The van der Waals surface area contributed by atoms with Crippen molar-refractivity contribution in [2.75, 3.05) is 18.0 Å². The van der Waals surface area contributed by atoms with Gasteiger partial charge in [0.05, 0.1) is 6.21 Å². The van der Waals surface area contributed by atoms with Crippen LogP contribution in [0.3, 0.4) is 0 Å². The molecule has 0 spiro atoms. The summed E-state index contributed by atoms with van der Waals surface area (Å²) in [4.78, 5) is 13.8. The predicted molar refractivity (Wildman–Crippen MR) is 89.9 cm³/mol. The normalized spacial score (nSPS) is 10.8. The third-order valence-corrected chi connectivity index (χ3v) is 3.43. The number of hydrogen-bond acceptors (Lipinski definition) is 3. The number of nitrogens with one attached hydrogen (secondary N) is 1. The lowest BCUT2D eigenvalue weighted by Crippen LogP contribution is -2.21. The average molecular weight is 289 g/mol. The SMILES string of the molecule is CCCCCC(=O)NN=Cc1ccc(N(CC)CC)cc1. The third kappa shape index (κ3) is 6.43. The number of amides is 1. The first-order valence-electron chi connectivity index (χ1n) is 7.88. The van der Waals surface area contributed by atoms with Crippen molar-refractivity contribution >= 4 is 17.8 Å². The van der Waals surface area contributed by atoms with Crippen LogP contribution in [-0.4, -0.2) is 25.2 Å². The highest BCUT2D eigenvalue weighted by Gasteiger charge is 2.01. The van der Waals surface area contributed by atoms with Crippen molar-refractivity contribution in [3.8, 4) is 0 Å². The number of unbranched alkanes of at least 4 members (excludes halogenated alkanes) is 2. The maximum absolute atomic E-state index is 11.5. The van der Waals surface area contributed by atoms with Gasteiger partial charge in [-0.2, -0.15) is 5.10 Å². The van der Waals surface area contributed by atoms with E-state index in [4.69, 9.17) is 0 Å². The Bertz CT molecular complexity index is 436. The average Bonchev–Trinajstić information content (AvgIpc) is 2.50. The van der Waals surface area contributed by atoms with Gasteiger partial charge in [0, 0.05) is 25.2 Å². The van der Waals surface area contributed by atoms with Crippen molar-refractivity contribution in [3.63, 3.8) is 0 Å². The molecule has 1 amide bonds. The molecule has 0 unspecified atom stereocenters. The monoisotopic (exact) mass is 289 g/mol. The molecule has 0 aliphatic heterocycles. The van der Waals surface area contributed by atoms with Crippen LogP contribution in [0.15, 0.2) is 29.4 Å². The predicted octanol–water partition coefficient (Wildman–Crippen LogP) is 3.56. The van der Waals surface area contributed by atoms with E-state index in [2.05, 4.69) is 48.3 Å². The molecule has 0 aliphatic rings. The third-order valence-electron chi connectivity index (χ3n) is 3.43. The molecule has 4 nitrogen and oxygen atoms in total. The molecule has 1 aromatic rings. The second-order valence-corrected chi connectivity index (χ2v) is 5.01. The van der Waals surface area contributed by atoms with Crippen molar-refractivity contribution in [2.24, 2.45) is 5.10 Å². The first-order chi connectivity index (χ1) is 10.2. The smallest absolute Gasteiger partial charge is 0.240 e. The molecule has 0 fully saturated rings. The molecule has 0 aromatic heterocycles. The van der Waals surface area contributed by atoms with Crippen molar-refractivity contribution in [1.29, 1.82) is 0 Å². The van der Waals surface area contributed by atoms with Gasteiger partial charge in [-0.1, -0.05) is 31.9 Å². The molecule has 1 N–H and O–H groups in total. The molecular formula is C17H27N3O. The Morgan fingerprint density at radius 2 is 1.81 bits per heavy atom. The Labute approximate surface area is 128 Å². The van der Waals surface area contributed by atoms with Crippen molar-refractivity contribution in [2.45, 2.75) is 46.5 Å². The van der Waals surface area contributed by atoms with Gasteiger partial charge in [-0.15, -0.1) is 0 Å². The topological polar surface area (TPSA) is 44.7 Å². The Morgan fingerprint density at radius 3 is 2.38 bits per heavy atom. The summed E-state index contributed by atoms with van der Waals surface area (Å²) in [5.74, 6) is -0.0144. The van der Waals surface area contributed by atoms with Crippen molar-refractivity contribution < 1.29 is 4.79 Å². The first-order valence-corrected chi connectivity index (χ1v) is 7.88. The quantitative estimate of drug-likeness (QED) is 0.429. The minimum absolute atomic E-state index is 0.0144. The van der Waals surface area contributed by atoms with Gasteiger partial charge in [-0.05, 0) is 38.0 Å². The zero-order valence-electron chi connectivity index (χ0n) is 13.4. The van der Waals surface area contributed by atoms with E-state index in [1.807, 2.05) is 12.1 Å². The van der Waals surface area contributed by atoms with Crippen LogP contribution in [0.1, 0.15) is 52.0 Å². The van der Waals surface area contributed by atoms with Crippen molar-refractivity contribution in [3.05, 3.63) is 29.8 Å². The van der Waals surface area contributed by atoms with Crippen LogP contribution < -0.4 is 10.3 Å². The van der Waals surface area contributed by atoms with E-state index in [0.29, 0.717) is 6.42 Å². The van der Waals surface area contributed by atoms with Crippen LogP contribution in [-0.2, 0) is 4.79 Å². The van der Waals surface area contributed by atoms with Gasteiger partial charge in [-0.3, -0.25) is 4.79 Å². The van der Waals surface area contributed by atoms with E-state index in [0.717, 1.165) is 37.9 Å². The van der Waals surface area contributed by atoms with Crippen molar-refractivity contribution in [1.82, 2.24) is 5.43 Å². The van der Waals surface area contributed by atoms with Crippen LogP contribution in [0, 0.1) is 0 Å². The number of nitrogens with zero attached hydrogens (tertiary/aromatic N) is 2. The summed E-state index contributed by atoms with van der Waals surface area (Å²) >= 11 is 0. The molecule has 0 atom stereocenters. The van der Waals surface area contributed by atoms with Gasteiger partial charge in [0.2, 0.25) is 5.91 Å². The molecule has 0 saturated heterocycles. The summed E-state index contributed by atoms with van der Waals surface area (Å²) < 4.78 is 0. The molecule has 116 valence electrons. The molecule has 0 heterocycles. The number of benzene rings is 1. The number of carbonyl (C=O) groups is 1. The van der Waals surface area contributed by atoms with E-state index >= 15 is 0 Å². The molecule has 1 rings (SSSR count). The highest BCUT2D eigenvalue weighted by molar-refractivity contribution is 5.82. The second-order valence-electron chi connectivity index (χ2n) is 5.01. The van der Waals surface area contributed by atoms with Gasteiger partial charge in [0.15, 0.2) is 0 Å². The molecule has 0 saturated carbocycles. The number of hydrogen-bond donors (Lipinski definition) is 1. The summed E-state index contributed by atoms with van der Waals surface area (Å²) in [5, 5.41) is 4.00. The fourth-order valence-corrected chi connectivity index (χ4v) is 2.13. The van der Waals surface area contributed by atoms with E-state index in [1.54, 1.807) is 6.21 Å². The van der Waals surface area contributed by atoms with Gasteiger partial charge in [-0.25, -0.2) is 5.43 Å². The number of carbonyl (C=O) groups excluding carboxylic acids is 1. The lowest BCUT2D eigenvalue weighted by molar-refractivity contribution is -0.121. The number of hydrazone groups is 1.